The molecule has 0 spiro atoms. The number of epoxide rings is 1. The van der Waals surface area contributed by atoms with Crippen LogP contribution >= 0.6 is 0 Å². The molecule has 33 heavy (non-hydrogen) atoms. The second kappa shape index (κ2) is 7.31. The first-order valence-electron chi connectivity index (χ1n) is 13.9. The van der Waals surface area contributed by atoms with Gasteiger partial charge in [0.15, 0.2) is 6.29 Å². The average molecular weight is 459 g/mol. The highest BCUT2D eigenvalue weighted by atomic mass is 16.7. The van der Waals surface area contributed by atoms with Gasteiger partial charge in [0.05, 0.1) is 23.9 Å². The quantitative estimate of drug-likeness (QED) is 0.375. The van der Waals surface area contributed by atoms with Crippen molar-refractivity contribution in [3.05, 3.63) is 12.2 Å². The molecule has 0 radical (unpaired) electrons. The van der Waals surface area contributed by atoms with Gasteiger partial charge in [0.1, 0.15) is 5.60 Å². The molecule has 3 heterocycles. The summed E-state index contributed by atoms with van der Waals surface area (Å²) in [6, 6.07) is 0. The third-order valence-corrected chi connectivity index (χ3v) is 11.5. The van der Waals surface area contributed by atoms with Crippen molar-refractivity contribution < 1.29 is 19.3 Å². The van der Waals surface area contributed by atoms with Crippen molar-refractivity contribution in [1.29, 1.82) is 0 Å². The van der Waals surface area contributed by atoms with Crippen LogP contribution in [-0.4, -0.2) is 40.9 Å². The molecule has 0 aromatic rings. The van der Waals surface area contributed by atoms with Gasteiger partial charge in [0.25, 0.3) is 0 Å². The zero-order valence-corrected chi connectivity index (χ0v) is 21.6. The number of rotatable bonds is 7. The lowest BCUT2D eigenvalue weighted by Gasteiger charge is -2.49. The number of aliphatic hydroxyl groups is 1. The van der Waals surface area contributed by atoms with Crippen LogP contribution in [0.25, 0.3) is 0 Å². The molecule has 6 aliphatic rings. The fourth-order valence-corrected chi connectivity index (χ4v) is 9.70. The molecule has 3 saturated heterocycles. The molecule has 3 aliphatic heterocycles. The first-order chi connectivity index (χ1) is 15.6. The molecule has 2 bridgehead atoms. The summed E-state index contributed by atoms with van der Waals surface area (Å²) in [5.74, 6) is 2.15. The SMILES string of the molecule is C=C(CCC1(C)OC2OC3CC1C2(CCC)C3C12CC3(C)CCC(O)CC3CC1O2)C(C)C. The molecule has 3 saturated carbocycles. The van der Waals surface area contributed by atoms with E-state index >= 15 is 0 Å². The van der Waals surface area contributed by atoms with E-state index in [0.29, 0.717) is 35.2 Å². The summed E-state index contributed by atoms with van der Waals surface area (Å²) in [5, 5.41) is 10.3. The normalized spacial score (nSPS) is 56.2. The van der Waals surface area contributed by atoms with Crippen LogP contribution in [0.2, 0.25) is 0 Å². The van der Waals surface area contributed by atoms with Crippen LogP contribution in [0.5, 0.6) is 0 Å². The van der Waals surface area contributed by atoms with Crippen molar-refractivity contribution in [3.8, 4) is 0 Å². The van der Waals surface area contributed by atoms with Crippen molar-refractivity contribution in [2.45, 2.75) is 135 Å². The molecule has 11 atom stereocenters. The van der Waals surface area contributed by atoms with Crippen LogP contribution < -0.4 is 0 Å². The molecule has 6 fully saturated rings. The minimum Gasteiger partial charge on any atom is -0.393 e. The molecule has 4 heteroatoms. The molecule has 0 amide bonds. The second-order valence-corrected chi connectivity index (χ2v) is 13.6. The summed E-state index contributed by atoms with van der Waals surface area (Å²) < 4.78 is 20.4. The van der Waals surface area contributed by atoms with Gasteiger partial charge in [-0.3, -0.25) is 0 Å². The minimum absolute atomic E-state index is 0.0208. The lowest BCUT2D eigenvalue weighted by molar-refractivity contribution is -0.172. The summed E-state index contributed by atoms with van der Waals surface area (Å²) in [7, 11) is 0. The largest absolute Gasteiger partial charge is 0.393 e. The van der Waals surface area contributed by atoms with Gasteiger partial charge in [0, 0.05) is 17.3 Å². The molecule has 3 aliphatic carbocycles. The van der Waals surface area contributed by atoms with Crippen LogP contribution in [0.4, 0.5) is 0 Å². The highest BCUT2D eigenvalue weighted by molar-refractivity contribution is 5.28. The molecule has 186 valence electrons. The zero-order valence-electron chi connectivity index (χ0n) is 21.6. The van der Waals surface area contributed by atoms with Gasteiger partial charge in [0.2, 0.25) is 0 Å². The molecule has 6 rings (SSSR count). The van der Waals surface area contributed by atoms with Gasteiger partial charge in [-0.05, 0) is 82.0 Å². The van der Waals surface area contributed by atoms with Gasteiger partial charge in [-0.15, -0.1) is 0 Å². The lowest BCUT2D eigenvalue weighted by Crippen LogP contribution is -2.51. The monoisotopic (exact) mass is 458 g/mol. The highest BCUT2D eigenvalue weighted by Crippen LogP contribution is 2.77. The number of hydrogen-bond donors (Lipinski definition) is 1. The maximum atomic E-state index is 10.3. The van der Waals surface area contributed by atoms with Crippen molar-refractivity contribution in [2.24, 2.45) is 34.5 Å². The maximum Gasteiger partial charge on any atom is 0.165 e. The first-order valence-corrected chi connectivity index (χ1v) is 13.9. The number of allylic oxidation sites excluding steroid dienone is 1. The third kappa shape index (κ3) is 3.02. The lowest BCUT2D eigenvalue weighted by atomic mass is 9.53. The number of hydrogen-bond acceptors (Lipinski definition) is 4. The third-order valence-electron chi connectivity index (χ3n) is 11.5. The van der Waals surface area contributed by atoms with Crippen molar-refractivity contribution in [2.75, 3.05) is 0 Å². The Morgan fingerprint density at radius 3 is 2.64 bits per heavy atom. The number of aliphatic hydroxyl groups excluding tert-OH is 1. The van der Waals surface area contributed by atoms with Crippen LogP contribution in [0.3, 0.4) is 0 Å². The van der Waals surface area contributed by atoms with Gasteiger partial charge in [-0.1, -0.05) is 46.3 Å². The summed E-state index contributed by atoms with van der Waals surface area (Å²) in [4.78, 5) is 0. The van der Waals surface area contributed by atoms with Gasteiger partial charge >= 0.3 is 0 Å². The highest BCUT2D eigenvalue weighted by Gasteiger charge is 2.83. The van der Waals surface area contributed by atoms with Crippen molar-refractivity contribution >= 4 is 0 Å². The smallest absolute Gasteiger partial charge is 0.165 e. The minimum atomic E-state index is -0.127. The number of fused-ring (bicyclic) bond motifs is 4. The molecule has 11 unspecified atom stereocenters. The predicted octanol–water partition coefficient (Wildman–Crippen LogP) is 6.01. The Bertz CT molecular complexity index is 824. The van der Waals surface area contributed by atoms with E-state index in [0.717, 1.165) is 51.4 Å². The molecular weight excluding hydrogens is 412 g/mol. The second-order valence-electron chi connectivity index (χ2n) is 13.6. The fourth-order valence-electron chi connectivity index (χ4n) is 9.70. The molecule has 1 N–H and O–H groups in total. The van der Waals surface area contributed by atoms with E-state index in [-0.39, 0.29) is 35.1 Å². The Labute approximate surface area is 200 Å². The van der Waals surface area contributed by atoms with E-state index in [2.05, 4.69) is 41.2 Å². The first kappa shape index (κ1) is 23.0. The molecular formula is C29H46O4. The van der Waals surface area contributed by atoms with E-state index in [1.807, 2.05) is 0 Å². The standard InChI is InChI=1S/C29H46O4/c1-7-10-28-22-15-21(31-25(28)33-27(22,6)12-8-18(4)17(2)3)24(28)29-16-26(5)11-9-20(30)13-19(26)14-23(29)32-29/h17,19-25,30H,4,7-16H2,1-3,5-6H3. The summed E-state index contributed by atoms with van der Waals surface area (Å²) >= 11 is 0. The van der Waals surface area contributed by atoms with E-state index in [4.69, 9.17) is 14.2 Å². The van der Waals surface area contributed by atoms with Gasteiger partial charge in [-0.2, -0.15) is 0 Å². The molecule has 4 nitrogen and oxygen atoms in total. The van der Waals surface area contributed by atoms with Gasteiger partial charge in [-0.25, -0.2) is 0 Å². The van der Waals surface area contributed by atoms with E-state index < -0.39 is 0 Å². The van der Waals surface area contributed by atoms with Crippen LogP contribution in [0.1, 0.15) is 98.8 Å². The average Bonchev–Trinajstić information content (AvgIpc) is 3.17. The summed E-state index contributed by atoms with van der Waals surface area (Å²) in [6.07, 6.45) is 11.3. The zero-order chi connectivity index (χ0) is 23.4. The fraction of sp³-hybridized carbons (Fsp3) is 0.931. The number of ether oxygens (including phenoxy) is 3. The van der Waals surface area contributed by atoms with Crippen molar-refractivity contribution in [1.82, 2.24) is 0 Å². The summed E-state index contributed by atoms with van der Waals surface area (Å²) in [6.45, 7) is 16.0. The Morgan fingerprint density at radius 1 is 1.12 bits per heavy atom. The predicted molar refractivity (Wildman–Crippen MR) is 129 cm³/mol. The maximum absolute atomic E-state index is 10.3. The Balaban J connectivity index is 1.30. The Morgan fingerprint density at radius 2 is 1.91 bits per heavy atom. The van der Waals surface area contributed by atoms with Crippen LogP contribution in [0, 0.1) is 34.5 Å². The Hall–Kier alpha value is -0.420. The van der Waals surface area contributed by atoms with E-state index in [1.54, 1.807) is 0 Å². The van der Waals surface area contributed by atoms with Gasteiger partial charge < -0.3 is 19.3 Å². The summed E-state index contributed by atoms with van der Waals surface area (Å²) in [5.41, 5.74) is 1.58. The van der Waals surface area contributed by atoms with Crippen LogP contribution in [-0.2, 0) is 14.2 Å². The topological polar surface area (TPSA) is 51.2 Å². The Kier molecular flexibility index (Phi) is 5.09. The molecule has 0 aromatic carbocycles. The van der Waals surface area contributed by atoms with E-state index in [9.17, 15) is 5.11 Å². The van der Waals surface area contributed by atoms with E-state index in [1.165, 1.54) is 18.4 Å². The van der Waals surface area contributed by atoms with Crippen LogP contribution in [0.15, 0.2) is 12.2 Å². The van der Waals surface area contributed by atoms with Crippen molar-refractivity contribution in [3.63, 3.8) is 0 Å². The molecule has 0 aromatic heterocycles.